The van der Waals surface area contributed by atoms with E-state index in [1.54, 1.807) is 18.1 Å². The van der Waals surface area contributed by atoms with Gasteiger partial charge >= 0.3 is 0 Å². The third kappa shape index (κ3) is 3.23. The first-order valence-electron chi connectivity index (χ1n) is 7.26. The molecular formula is C14H24N6O2. The van der Waals surface area contributed by atoms with Crippen molar-refractivity contribution >= 4 is 23.3 Å². The molecule has 0 unspecified atom stereocenters. The number of aliphatic hydroxyl groups is 1. The lowest BCUT2D eigenvalue weighted by atomic mass is 10.0. The lowest BCUT2D eigenvalue weighted by molar-refractivity contribution is 0.0105. The first-order chi connectivity index (χ1) is 10.5. The highest BCUT2D eigenvalue weighted by Crippen LogP contribution is 2.31. The molecule has 3 atom stereocenters. The molecular weight excluding hydrogens is 284 g/mol. The molecule has 8 heteroatoms. The Morgan fingerprint density at radius 1 is 1.50 bits per heavy atom. The van der Waals surface area contributed by atoms with E-state index < -0.39 is 0 Å². The molecule has 122 valence electrons. The Morgan fingerprint density at radius 2 is 2.23 bits per heavy atom. The van der Waals surface area contributed by atoms with E-state index in [4.69, 9.17) is 16.2 Å². The maximum absolute atomic E-state index is 9.23. The zero-order chi connectivity index (χ0) is 16.3. The van der Waals surface area contributed by atoms with Gasteiger partial charge in [0.05, 0.1) is 25.4 Å². The largest absolute Gasteiger partial charge is 0.394 e. The molecule has 22 heavy (non-hydrogen) atoms. The van der Waals surface area contributed by atoms with Crippen LogP contribution in [0.15, 0.2) is 12.8 Å². The fraction of sp³-hybridized carbons (Fsp3) is 0.571. The summed E-state index contributed by atoms with van der Waals surface area (Å²) in [7, 11) is 1.72. The van der Waals surface area contributed by atoms with Crippen LogP contribution >= 0.6 is 0 Å². The number of aromatic nitrogens is 2. The number of hydrogen-bond donors (Lipinski definition) is 4. The third-order valence-electron chi connectivity index (χ3n) is 3.89. The number of rotatable bonds is 6. The molecule has 0 bridgehead atoms. The maximum Gasteiger partial charge on any atom is 0.224 e. The first kappa shape index (κ1) is 16.3. The highest BCUT2D eigenvalue weighted by molar-refractivity contribution is 5.77. The Bertz CT molecular complexity index is 538. The number of ether oxygens (including phenoxy) is 1. The summed E-state index contributed by atoms with van der Waals surface area (Å²) in [5, 5.41) is 12.1. The van der Waals surface area contributed by atoms with Gasteiger partial charge in [-0.2, -0.15) is 9.97 Å². The zero-order valence-electron chi connectivity index (χ0n) is 13.0. The van der Waals surface area contributed by atoms with Crippen LogP contribution < -0.4 is 21.7 Å². The van der Waals surface area contributed by atoms with E-state index in [0.29, 0.717) is 29.8 Å². The highest BCUT2D eigenvalue weighted by atomic mass is 16.5. The van der Waals surface area contributed by atoms with Crippen molar-refractivity contribution in [3.63, 3.8) is 0 Å². The van der Waals surface area contributed by atoms with Crippen molar-refractivity contribution in [2.45, 2.75) is 25.6 Å². The number of nitrogens with two attached hydrogens (primary N) is 2. The van der Waals surface area contributed by atoms with Gasteiger partial charge in [0.2, 0.25) is 5.95 Å². The predicted octanol–water partition coefficient (Wildman–Crippen LogP) is 0.419. The average Bonchev–Trinajstić information content (AvgIpc) is 2.87. The third-order valence-corrected chi connectivity index (χ3v) is 3.89. The van der Waals surface area contributed by atoms with Gasteiger partial charge < -0.3 is 31.5 Å². The Balaban J connectivity index is 2.22. The fourth-order valence-electron chi connectivity index (χ4n) is 2.67. The molecule has 6 N–H and O–H groups in total. The van der Waals surface area contributed by atoms with Crippen molar-refractivity contribution in [3.8, 4) is 0 Å². The van der Waals surface area contributed by atoms with Gasteiger partial charge in [0.25, 0.3) is 0 Å². The van der Waals surface area contributed by atoms with E-state index in [1.807, 2.05) is 0 Å². The van der Waals surface area contributed by atoms with Crippen LogP contribution in [0.2, 0.25) is 0 Å². The predicted molar refractivity (Wildman–Crippen MR) is 87.5 cm³/mol. The SMILES string of the molecule is C=CN(C[C@@H]1O[C@H](CO)C[C@@H]1C)c1nc(N)nc(NC)c1N. The minimum Gasteiger partial charge on any atom is -0.394 e. The van der Waals surface area contributed by atoms with Gasteiger partial charge in [-0.1, -0.05) is 13.5 Å². The van der Waals surface area contributed by atoms with Gasteiger partial charge in [0.15, 0.2) is 11.6 Å². The Hall–Kier alpha value is -2.06. The van der Waals surface area contributed by atoms with Crippen LogP contribution in [-0.2, 0) is 4.74 Å². The Kier molecular flexibility index (Phi) is 5.04. The topological polar surface area (TPSA) is 123 Å². The molecule has 1 fully saturated rings. The van der Waals surface area contributed by atoms with Gasteiger partial charge in [0, 0.05) is 7.05 Å². The Labute approximate surface area is 130 Å². The van der Waals surface area contributed by atoms with Crippen LogP contribution in [0.5, 0.6) is 0 Å². The molecule has 0 aliphatic carbocycles. The van der Waals surface area contributed by atoms with E-state index >= 15 is 0 Å². The van der Waals surface area contributed by atoms with Crippen LogP contribution in [0.3, 0.4) is 0 Å². The highest BCUT2D eigenvalue weighted by Gasteiger charge is 2.33. The molecule has 1 saturated heterocycles. The number of nitrogens with one attached hydrogen (secondary N) is 1. The van der Waals surface area contributed by atoms with E-state index in [0.717, 1.165) is 6.42 Å². The van der Waals surface area contributed by atoms with Gasteiger partial charge in [-0.25, -0.2) is 0 Å². The average molecular weight is 308 g/mol. The molecule has 1 aliphatic rings. The summed E-state index contributed by atoms with van der Waals surface area (Å²) in [4.78, 5) is 10.1. The quantitative estimate of drug-likeness (QED) is 0.596. The van der Waals surface area contributed by atoms with Crippen molar-refractivity contribution in [2.24, 2.45) is 5.92 Å². The zero-order valence-corrected chi connectivity index (χ0v) is 13.0. The summed E-state index contributed by atoms with van der Waals surface area (Å²) in [6.07, 6.45) is 2.31. The minimum absolute atomic E-state index is 0.0292. The van der Waals surface area contributed by atoms with Crippen molar-refractivity contribution in [1.82, 2.24) is 9.97 Å². The second-order valence-electron chi connectivity index (χ2n) is 5.44. The molecule has 2 rings (SSSR count). The second-order valence-corrected chi connectivity index (χ2v) is 5.44. The molecule has 8 nitrogen and oxygen atoms in total. The van der Waals surface area contributed by atoms with Crippen LogP contribution in [0.4, 0.5) is 23.3 Å². The monoisotopic (exact) mass is 308 g/mol. The van der Waals surface area contributed by atoms with Crippen molar-refractivity contribution in [1.29, 1.82) is 0 Å². The first-order valence-corrected chi connectivity index (χ1v) is 7.26. The summed E-state index contributed by atoms with van der Waals surface area (Å²) in [6, 6.07) is 0. The van der Waals surface area contributed by atoms with E-state index in [-0.39, 0.29) is 24.8 Å². The Morgan fingerprint density at radius 3 is 2.77 bits per heavy atom. The second kappa shape index (κ2) is 6.80. The standard InChI is InChI=1S/C14H24N6O2/c1-4-20(6-10-8(2)5-9(7-21)22-10)13-11(15)12(17-3)18-14(16)19-13/h4,8-10,21H,1,5-7,15H2,2-3H3,(H3,16,17,18,19)/t8-,9-,10-/m0/s1. The summed E-state index contributed by atoms with van der Waals surface area (Å²) in [6.45, 7) is 6.47. The molecule has 0 saturated carbocycles. The fourth-order valence-corrected chi connectivity index (χ4v) is 2.67. The summed E-state index contributed by atoms with van der Waals surface area (Å²) in [5.41, 5.74) is 12.2. The molecule has 0 spiro atoms. The normalized spacial score (nSPS) is 24.2. The lowest BCUT2D eigenvalue weighted by Crippen LogP contribution is -2.33. The van der Waals surface area contributed by atoms with Gasteiger partial charge in [-0.05, 0) is 18.5 Å². The van der Waals surface area contributed by atoms with Crippen LogP contribution in [0.25, 0.3) is 0 Å². The van der Waals surface area contributed by atoms with Crippen molar-refractivity contribution < 1.29 is 9.84 Å². The summed E-state index contributed by atoms with van der Waals surface area (Å²) < 4.78 is 5.83. The van der Waals surface area contributed by atoms with Gasteiger partial charge in [-0.3, -0.25) is 0 Å². The van der Waals surface area contributed by atoms with E-state index in [2.05, 4.69) is 28.8 Å². The molecule has 0 aromatic carbocycles. The molecule has 1 aliphatic heterocycles. The van der Waals surface area contributed by atoms with Crippen LogP contribution in [0, 0.1) is 5.92 Å². The summed E-state index contributed by atoms with van der Waals surface area (Å²) in [5.74, 6) is 1.43. The number of anilines is 4. The van der Waals surface area contributed by atoms with Gasteiger partial charge in [0.1, 0.15) is 5.69 Å². The molecule has 0 amide bonds. The van der Waals surface area contributed by atoms with Crippen molar-refractivity contribution in [2.75, 3.05) is 41.9 Å². The smallest absolute Gasteiger partial charge is 0.224 e. The number of hydrogen-bond acceptors (Lipinski definition) is 8. The van der Waals surface area contributed by atoms with Crippen LogP contribution in [0.1, 0.15) is 13.3 Å². The van der Waals surface area contributed by atoms with Crippen LogP contribution in [-0.4, -0.2) is 47.5 Å². The number of nitrogens with zero attached hydrogens (tertiary/aromatic N) is 3. The van der Waals surface area contributed by atoms with E-state index in [1.165, 1.54) is 0 Å². The van der Waals surface area contributed by atoms with Gasteiger partial charge in [-0.15, -0.1) is 0 Å². The molecule has 1 aromatic rings. The summed E-state index contributed by atoms with van der Waals surface area (Å²) >= 11 is 0. The molecule has 1 aromatic heterocycles. The number of nitrogen functional groups attached to an aromatic ring is 2. The lowest BCUT2D eigenvalue weighted by Gasteiger charge is -2.26. The maximum atomic E-state index is 9.23. The molecule has 0 radical (unpaired) electrons. The number of aliphatic hydroxyl groups excluding tert-OH is 1. The molecule has 2 heterocycles. The minimum atomic E-state index is -0.118. The van der Waals surface area contributed by atoms with Crippen molar-refractivity contribution in [3.05, 3.63) is 12.8 Å². The van der Waals surface area contributed by atoms with E-state index in [9.17, 15) is 5.11 Å².